The Labute approximate surface area is 232 Å². The minimum Gasteiger partial charge on any atom is -0.494 e. The second kappa shape index (κ2) is 12.6. The molecule has 0 aliphatic heterocycles. The highest BCUT2D eigenvalue weighted by atomic mass is 32.1. The molecule has 37 heavy (non-hydrogen) atoms. The Morgan fingerprint density at radius 1 is 0.432 bits per heavy atom. The van der Waals surface area contributed by atoms with Crippen LogP contribution in [0.4, 0.5) is 0 Å². The van der Waals surface area contributed by atoms with E-state index < -0.39 is 0 Å². The first-order chi connectivity index (χ1) is 18.2. The summed E-state index contributed by atoms with van der Waals surface area (Å²) in [6.07, 6.45) is 4.48. The normalized spacial score (nSPS) is 11.1. The minimum atomic E-state index is 0.784. The van der Waals surface area contributed by atoms with Gasteiger partial charge in [0.25, 0.3) is 0 Å². The molecule has 0 N–H and O–H groups in total. The van der Waals surface area contributed by atoms with Gasteiger partial charge in [0.2, 0.25) is 0 Å². The summed E-state index contributed by atoms with van der Waals surface area (Å²) in [6.45, 7) is 5.93. The fourth-order valence-electron chi connectivity index (χ4n) is 3.95. The van der Waals surface area contributed by atoms with Crippen LogP contribution in [0.5, 0.6) is 11.5 Å². The zero-order valence-corrected chi connectivity index (χ0v) is 23.8. The SMILES string of the molecule is CCCCOc1ccc(-c2ccc(-c3ccc(-c4ccc(-c5ccc(OCCCC)cc5)s4)s3)s2)cc1. The van der Waals surface area contributed by atoms with Gasteiger partial charge in [-0.1, -0.05) is 26.7 Å². The second-order valence-electron chi connectivity index (χ2n) is 8.94. The molecule has 3 heterocycles. The molecule has 2 aromatic carbocycles. The Bertz CT molecular complexity index is 1280. The van der Waals surface area contributed by atoms with E-state index in [4.69, 9.17) is 9.47 Å². The topological polar surface area (TPSA) is 18.5 Å². The van der Waals surface area contributed by atoms with Crippen LogP contribution >= 0.6 is 34.0 Å². The van der Waals surface area contributed by atoms with Gasteiger partial charge in [-0.2, -0.15) is 0 Å². The highest BCUT2D eigenvalue weighted by molar-refractivity contribution is 7.27. The first-order valence-electron chi connectivity index (χ1n) is 13.0. The highest BCUT2D eigenvalue weighted by Crippen LogP contribution is 2.43. The summed E-state index contributed by atoms with van der Waals surface area (Å²) in [6, 6.07) is 30.4. The van der Waals surface area contributed by atoms with Crippen LogP contribution in [0.1, 0.15) is 39.5 Å². The van der Waals surface area contributed by atoms with Crippen molar-refractivity contribution in [1.82, 2.24) is 0 Å². The third kappa shape index (κ3) is 6.53. The van der Waals surface area contributed by atoms with Gasteiger partial charge in [0.05, 0.1) is 13.2 Å². The van der Waals surface area contributed by atoms with Crippen LogP contribution in [-0.2, 0) is 0 Å². The Kier molecular flexibility index (Phi) is 8.77. The quantitative estimate of drug-likeness (QED) is 0.145. The number of rotatable bonds is 12. The molecule has 2 nitrogen and oxygen atoms in total. The third-order valence-corrected chi connectivity index (χ3v) is 9.86. The fourth-order valence-corrected chi connectivity index (χ4v) is 7.16. The lowest BCUT2D eigenvalue weighted by Crippen LogP contribution is -1.95. The molecule has 0 atom stereocenters. The summed E-state index contributed by atoms with van der Waals surface area (Å²) in [7, 11) is 0. The van der Waals surface area contributed by atoms with Crippen molar-refractivity contribution in [3.05, 3.63) is 84.9 Å². The lowest BCUT2D eigenvalue weighted by atomic mass is 10.2. The van der Waals surface area contributed by atoms with Crippen molar-refractivity contribution in [2.75, 3.05) is 13.2 Å². The van der Waals surface area contributed by atoms with E-state index in [-0.39, 0.29) is 0 Å². The summed E-state index contributed by atoms with van der Waals surface area (Å²) >= 11 is 5.56. The maximum Gasteiger partial charge on any atom is 0.119 e. The smallest absolute Gasteiger partial charge is 0.119 e. The van der Waals surface area contributed by atoms with Crippen molar-refractivity contribution < 1.29 is 9.47 Å². The van der Waals surface area contributed by atoms with E-state index >= 15 is 0 Å². The maximum atomic E-state index is 5.81. The fraction of sp³-hybridized carbons (Fsp3) is 0.250. The maximum absolute atomic E-state index is 5.81. The van der Waals surface area contributed by atoms with Gasteiger partial charge in [-0.3, -0.25) is 0 Å². The van der Waals surface area contributed by atoms with E-state index in [1.165, 1.54) is 40.4 Å². The average Bonchev–Trinajstić information content (AvgIpc) is 3.71. The van der Waals surface area contributed by atoms with Crippen LogP contribution in [0.15, 0.2) is 84.9 Å². The zero-order chi connectivity index (χ0) is 25.5. The van der Waals surface area contributed by atoms with Crippen LogP contribution in [0.2, 0.25) is 0 Å². The van der Waals surface area contributed by atoms with Crippen molar-refractivity contribution in [3.63, 3.8) is 0 Å². The Balaban J connectivity index is 1.25. The molecule has 0 fully saturated rings. The molecule has 0 amide bonds. The Hall–Kier alpha value is -2.86. The molecular formula is C32H32O2S3. The zero-order valence-electron chi connectivity index (χ0n) is 21.4. The molecule has 190 valence electrons. The van der Waals surface area contributed by atoms with Gasteiger partial charge in [-0.15, -0.1) is 34.0 Å². The van der Waals surface area contributed by atoms with Crippen molar-refractivity contribution in [2.24, 2.45) is 0 Å². The Morgan fingerprint density at radius 3 is 1.11 bits per heavy atom. The van der Waals surface area contributed by atoms with Crippen molar-refractivity contribution in [1.29, 1.82) is 0 Å². The lowest BCUT2D eigenvalue weighted by Gasteiger charge is -2.05. The van der Waals surface area contributed by atoms with Gasteiger partial charge < -0.3 is 9.47 Å². The molecule has 5 aromatic rings. The molecule has 0 saturated heterocycles. The molecule has 0 unspecified atom stereocenters. The molecule has 5 heteroatoms. The van der Waals surface area contributed by atoms with Crippen molar-refractivity contribution in [2.45, 2.75) is 39.5 Å². The molecule has 3 aromatic heterocycles. The van der Waals surface area contributed by atoms with Crippen LogP contribution in [-0.4, -0.2) is 13.2 Å². The second-order valence-corrected chi connectivity index (χ2v) is 12.2. The monoisotopic (exact) mass is 544 g/mol. The van der Waals surface area contributed by atoms with E-state index in [2.05, 4.69) is 98.8 Å². The molecule has 0 aliphatic carbocycles. The van der Waals surface area contributed by atoms with E-state index in [9.17, 15) is 0 Å². The first kappa shape index (κ1) is 25.8. The predicted molar refractivity (Wildman–Crippen MR) is 163 cm³/mol. The van der Waals surface area contributed by atoms with E-state index in [1.807, 2.05) is 34.0 Å². The van der Waals surface area contributed by atoms with Gasteiger partial charge in [-0.25, -0.2) is 0 Å². The number of ether oxygens (including phenoxy) is 2. The third-order valence-electron chi connectivity index (χ3n) is 6.11. The van der Waals surface area contributed by atoms with Crippen molar-refractivity contribution in [3.8, 4) is 51.9 Å². The summed E-state index contributed by atoms with van der Waals surface area (Å²) in [5, 5.41) is 0. The molecule has 0 aliphatic rings. The molecular weight excluding hydrogens is 513 g/mol. The summed E-state index contributed by atoms with van der Waals surface area (Å²) in [5.74, 6) is 1.90. The van der Waals surface area contributed by atoms with Crippen molar-refractivity contribution >= 4 is 34.0 Å². The standard InChI is InChI=1S/C32H32O2S3/c1-3-5-21-33-25-11-7-23(8-12-25)27-15-17-29(35-27)31-19-20-32(37-31)30-18-16-28(36-30)24-9-13-26(14-10-24)34-22-6-4-2/h7-20H,3-6,21-22H2,1-2H3. The van der Waals surface area contributed by atoms with E-state index in [1.54, 1.807) is 0 Å². The van der Waals surface area contributed by atoms with Crippen LogP contribution < -0.4 is 9.47 Å². The average molecular weight is 545 g/mol. The van der Waals surface area contributed by atoms with Gasteiger partial charge in [-0.05, 0) is 109 Å². The molecule has 0 radical (unpaired) electrons. The number of unbranched alkanes of at least 4 members (excludes halogenated alkanes) is 2. The summed E-state index contributed by atoms with van der Waals surface area (Å²) in [4.78, 5) is 7.81. The highest BCUT2D eigenvalue weighted by Gasteiger charge is 2.11. The number of hydrogen-bond acceptors (Lipinski definition) is 5. The summed E-state index contributed by atoms with van der Waals surface area (Å²) in [5.41, 5.74) is 2.47. The van der Waals surface area contributed by atoms with Crippen LogP contribution in [0, 0.1) is 0 Å². The van der Waals surface area contributed by atoms with E-state index in [0.717, 1.165) is 50.4 Å². The number of benzene rings is 2. The van der Waals surface area contributed by atoms with Crippen LogP contribution in [0.25, 0.3) is 40.4 Å². The first-order valence-corrected chi connectivity index (χ1v) is 15.4. The minimum absolute atomic E-state index is 0.784. The van der Waals surface area contributed by atoms with Crippen LogP contribution in [0.3, 0.4) is 0 Å². The Morgan fingerprint density at radius 2 is 0.757 bits per heavy atom. The lowest BCUT2D eigenvalue weighted by molar-refractivity contribution is 0.309. The van der Waals surface area contributed by atoms with Gasteiger partial charge in [0.15, 0.2) is 0 Å². The molecule has 0 spiro atoms. The summed E-state index contributed by atoms with van der Waals surface area (Å²) < 4.78 is 11.6. The van der Waals surface area contributed by atoms with Gasteiger partial charge >= 0.3 is 0 Å². The number of hydrogen-bond donors (Lipinski definition) is 0. The molecule has 0 bridgehead atoms. The largest absolute Gasteiger partial charge is 0.494 e. The molecule has 0 saturated carbocycles. The van der Waals surface area contributed by atoms with Gasteiger partial charge in [0, 0.05) is 29.3 Å². The van der Waals surface area contributed by atoms with E-state index in [0.29, 0.717) is 0 Å². The number of thiophene rings is 3. The molecule has 5 rings (SSSR count). The van der Waals surface area contributed by atoms with Gasteiger partial charge in [0.1, 0.15) is 11.5 Å². The predicted octanol–water partition coefficient (Wildman–Crippen LogP) is 10.9.